The largest absolute Gasteiger partial charge is 0.496 e. The standard InChI is InChI=1S/C41H42N2O5S/c1-28-37(27-49-38-17-7-6-16-36(38)46-2)47-40(48-39(28)32-20-18-30(26-44)19-21-32)35-15-9-14-34(23-35)33-13-8-12-31(22-33)25-43-41(45)42-24-29-10-4-3-5-11-29/h3-23,28,37,39-40,44H,24-27H2,1-2H3,(H2,42,43,45). The lowest BCUT2D eigenvalue weighted by Crippen LogP contribution is -2.38. The van der Waals surface area contributed by atoms with E-state index < -0.39 is 6.29 Å². The third-order valence-electron chi connectivity index (χ3n) is 8.76. The van der Waals surface area contributed by atoms with Crippen LogP contribution in [0.2, 0.25) is 0 Å². The molecule has 0 radical (unpaired) electrons. The van der Waals surface area contributed by atoms with E-state index in [1.807, 2.05) is 97.1 Å². The number of hydrogen-bond acceptors (Lipinski definition) is 6. The second-order valence-corrected chi connectivity index (χ2v) is 13.2. The first-order chi connectivity index (χ1) is 24.0. The van der Waals surface area contributed by atoms with E-state index in [0.717, 1.165) is 55.3 Å². The van der Waals surface area contributed by atoms with Gasteiger partial charge in [-0.1, -0.05) is 110 Å². The highest BCUT2D eigenvalue weighted by molar-refractivity contribution is 7.99. The highest BCUT2D eigenvalue weighted by Gasteiger charge is 2.38. The summed E-state index contributed by atoms with van der Waals surface area (Å²) >= 11 is 1.72. The van der Waals surface area contributed by atoms with Crippen molar-refractivity contribution in [3.63, 3.8) is 0 Å². The predicted octanol–water partition coefficient (Wildman–Crippen LogP) is 8.44. The first-order valence-corrected chi connectivity index (χ1v) is 17.5. The van der Waals surface area contributed by atoms with Gasteiger partial charge < -0.3 is 30.0 Å². The van der Waals surface area contributed by atoms with E-state index in [2.05, 4.69) is 47.9 Å². The number of thioether (sulfide) groups is 1. The number of hydrogen-bond donors (Lipinski definition) is 3. The molecular formula is C41H42N2O5S. The maximum Gasteiger partial charge on any atom is 0.315 e. The Bertz CT molecular complexity index is 1820. The Balaban J connectivity index is 1.18. The van der Waals surface area contributed by atoms with E-state index in [9.17, 15) is 9.90 Å². The molecule has 1 heterocycles. The predicted molar refractivity (Wildman–Crippen MR) is 194 cm³/mol. The Morgan fingerprint density at radius 1 is 0.735 bits per heavy atom. The van der Waals surface area contributed by atoms with E-state index >= 15 is 0 Å². The third-order valence-corrected chi connectivity index (χ3v) is 9.91. The molecule has 7 nitrogen and oxygen atoms in total. The summed E-state index contributed by atoms with van der Waals surface area (Å²) in [6, 6.07) is 42.1. The number of urea groups is 1. The molecule has 8 heteroatoms. The highest BCUT2D eigenvalue weighted by Crippen LogP contribution is 2.44. The second-order valence-electron chi connectivity index (χ2n) is 12.1. The lowest BCUT2D eigenvalue weighted by Gasteiger charge is -2.41. The zero-order valence-electron chi connectivity index (χ0n) is 27.8. The van der Waals surface area contributed by atoms with Crippen LogP contribution in [0.1, 0.15) is 47.1 Å². The van der Waals surface area contributed by atoms with Crippen molar-refractivity contribution in [2.24, 2.45) is 5.92 Å². The number of methoxy groups -OCH3 is 1. The molecular weight excluding hydrogens is 633 g/mol. The average molecular weight is 675 g/mol. The molecule has 4 unspecified atom stereocenters. The summed E-state index contributed by atoms with van der Waals surface area (Å²) in [5.41, 5.74) is 6.95. The average Bonchev–Trinajstić information content (AvgIpc) is 3.16. The van der Waals surface area contributed by atoms with Gasteiger partial charge in [-0.3, -0.25) is 0 Å². The smallest absolute Gasteiger partial charge is 0.315 e. The van der Waals surface area contributed by atoms with Crippen LogP contribution < -0.4 is 15.4 Å². The fraction of sp³-hybridized carbons (Fsp3) is 0.244. The quantitative estimate of drug-likeness (QED) is 0.115. The summed E-state index contributed by atoms with van der Waals surface area (Å²) in [4.78, 5) is 13.5. The molecule has 0 aromatic heterocycles. The lowest BCUT2D eigenvalue weighted by atomic mass is 9.91. The van der Waals surface area contributed by atoms with Gasteiger partial charge in [0.15, 0.2) is 6.29 Å². The molecule has 252 valence electrons. The number of carbonyl (C=O) groups is 1. The highest BCUT2D eigenvalue weighted by atomic mass is 32.2. The molecule has 0 spiro atoms. The van der Waals surface area contributed by atoms with Crippen molar-refractivity contribution in [1.82, 2.24) is 10.6 Å². The van der Waals surface area contributed by atoms with Gasteiger partial charge in [0.2, 0.25) is 0 Å². The summed E-state index contributed by atoms with van der Waals surface area (Å²) in [6.07, 6.45) is -0.900. The third kappa shape index (κ3) is 8.90. The Morgan fingerprint density at radius 2 is 1.41 bits per heavy atom. The van der Waals surface area contributed by atoms with Crippen LogP contribution in [0.5, 0.6) is 5.75 Å². The first-order valence-electron chi connectivity index (χ1n) is 16.5. The molecule has 2 amide bonds. The monoisotopic (exact) mass is 674 g/mol. The molecule has 4 atom stereocenters. The fourth-order valence-corrected chi connectivity index (χ4v) is 7.16. The molecule has 5 aromatic rings. The topological polar surface area (TPSA) is 89.1 Å². The van der Waals surface area contributed by atoms with E-state index in [1.54, 1.807) is 18.9 Å². The van der Waals surface area contributed by atoms with Gasteiger partial charge in [-0.05, 0) is 57.6 Å². The van der Waals surface area contributed by atoms with Gasteiger partial charge in [0.1, 0.15) is 5.75 Å². The van der Waals surface area contributed by atoms with Crippen molar-refractivity contribution >= 4 is 17.8 Å². The number of aliphatic hydroxyl groups is 1. The molecule has 0 saturated carbocycles. The fourth-order valence-electron chi connectivity index (χ4n) is 5.97. The maximum atomic E-state index is 12.5. The van der Waals surface area contributed by atoms with E-state index in [4.69, 9.17) is 14.2 Å². The number of ether oxygens (including phenoxy) is 3. The molecule has 0 bridgehead atoms. The molecule has 1 saturated heterocycles. The van der Waals surface area contributed by atoms with Crippen LogP contribution >= 0.6 is 11.8 Å². The second kappa shape index (κ2) is 16.7. The van der Waals surface area contributed by atoms with Crippen molar-refractivity contribution < 1.29 is 24.1 Å². The molecule has 0 aliphatic carbocycles. The van der Waals surface area contributed by atoms with Crippen molar-refractivity contribution in [3.05, 3.63) is 155 Å². The van der Waals surface area contributed by atoms with Crippen LogP contribution in [0, 0.1) is 5.92 Å². The van der Waals surface area contributed by atoms with Gasteiger partial charge in [-0.15, -0.1) is 11.8 Å². The minimum absolute atomic E-state index is 0.00320. The van der Waals surface area contributed by atoms with Crippen LogP contribution in [0.15, 0.2) is 132 Å². The van der Waals surface area contributed by atoms with Gasteiger partial charge in [0, 0.05) is 35.2 Å². The molecule has 1 aliphatic rings. The van der Waals surface area contributed by atoms with Crippen molar-refractivity contribution in [2.45, 2.75) is 50.0 Å². The zero-order valence-corrected chi connectivity index (χ0v) is 28.6. The first kappa shape index (κ1) is 34.3. The molecule has 5 aromatic carbocycles. The number of nitrogens with one attached hydrogen (secondary N) is 2. The van der Waals surface area contributed by atoms with E-state index in [-0.39, 0.29) is 30.8 Å². The zero-order chi connectivity index (χ0) is 34.0. The van der Waals surface area contributed by atoms with Crippen molar-refractivity contribution in [2.75, 3.05) is 12.9 Å². The van der Waals surface area contributed by atoms with Gasteiger partial charge >= 0.3 is 6.03 Å². The molecule has 6 rings (SSSR count). The number of benzene rings is 5. The minimum Gasteiger partial charge on any atom is -0.496 e. The Hall–Kier alpha value is -4.60. The Morgan fingerprint density at radius 3 is 2.16 bits per heavy atom. The van der Waals surface area contributed by atoms with Gasteiger partial charge in [0.25, 0.3) is 0 Å². The van der Waals surface area contributed by atoms with Crippen LogP contribution in [0.4, 0.5) is 4.79 Å². The SMILES string of the molecule is COc1ccccc1SCC1OC(c2cccc(-c3cccc(CNC(=O)NCc4ccccc4)c3)c2)OC(c2ccc(CO)cc2)C1C. The number of carbonyl (C=O) groups excluding carboxylic acids is 1. The van der Waals surface area contributed by atoms with Crippen LogP contribution in [-0.2, 0) is 29.2 Å². The van der Waals surface area contributed by atoms with Crippen LogP contribution in [-0.4, -0.2) is 30.1 Å². The number of rotatable bonds is 12. The van der Waals surface area contributed by atoms with Crippen LogP contribution in [0.25, 0.3) is 11.1 Å². The molecule has 1 aliphatic heterocycles. The number of aliphatic hydroxyl groups excluding tert-OH is 1. The van der Waals surface area contributed by atoms with E-state index in [0.29, 0.717) is 13.1 Å². The van der Waals surface area contributed by atoms with Crippen molar-refractivity contribution in [1.29, 1.82) is 0 Å². The molecule has 3 N–H and O–H groups in total. The summed E-state index contributed by atoms with van der Waals surface area (Å²) in [7, 11) is 1.69. The molecule has 49 heavy (non-hydrogen) atoms. The minimum atomic E-state index is -0.583. The summed E-state index contributed by atoms with van der Waals surface area (Å²) < 4.78 is 19.1. The van der Waals surface area contributed by atoms with Gasteiger partial charge in [-0.2, -0.15) is 0 Å². The summed E-state index contributed by atoms with van der Waals surface area (Å²) in [5, 5.41) is 15.5. The summed E-state index contributed by atoms with van der Waals surface area (Å²) in [5.74, 6) is 1.63. The Kier molecular flexibility index (Phi) is 11.7. The number of para-hydroxylation sites is 1. The summed E-state index contributed by atoms with van der Waals surface area (Å²) in [6.45, 7) is 3.05. The maximum absolute atomic E-state index is 12.5. The van der Waals surface area contributed by atoms with Gasteiger partial charge in [-0.25, -0.2) is 4.79 Å². The lowest BCUT2D eigenvalue weighted by molar-refractivity contribution is -0.268. The van der Waals surface area contributed by atoms with Crippen molar-refractivity contribution in [3.8, 4) is 16.9 Å². The Labute approximate surface area is 292 Å². The van der Waals surface area contributed by atoms with Gasteiger partial charge in [0.05, 0.1) is 25.9 Å². The number of amides is 2. The van der Waals surface area contributed by atoms with Crippen LogP contribution in [0.3, 0.4) is 0 Å². The normalized spacial score (nSPS) is 18.8. The van der Waals surface area contributed by atoms with E-state index in [1.165, 1.54) is 0 Å². The molecule has 1 fully saturated rings.